The smallest absolute Gasteiger partial charge is 0 e. The van der Waals surface area contributed by atoms with Crippen molar-refractivity contribution >= 4 is 22.0 Å². The first-order valence-electron chi connectivity index (χ1n) is 0.655. The van der Waals surface area contributed by atoms with E-state index < -0.39 is 23.3 Å². The summed E-state index contributed by atoms with van der Waals surface area (Å²) in [5.74, 6) is 0. The molecule has 0 amide bonds. The van der Waals surface area contributed by atoms with Gasteiger partial charge < -0.3 is 0 Å². The van der Waals surface area contributed by atoms with Crippen molar-refractivity contribution in [1.29, 1.82) is 0 Å². The van der Waals surface area contributed by atoms with Crippen molar-refractivity contribution in [1.82, 2.24) is 0 Å². The van der Waals surface area contributed by atoms with Gasteiger partial charge in [-0.1, -0.05) is 0 Å². The average molecular weight is 334 g/mol. The van der Waals surface area contributed by atoms with Crippen LogP contribution in [0.4, 0.5) is 0 Å². The molecule has 5 heavy (non-hydrogen) atoms. The van der Waals surface area contributed by atoms with Gasteiger partial charge in [0.15, 0.2) is 0 Å². The maximum Gasteiger partial charge on any atom is 0 e. The zero-order chi connectivity index (χ0) is 3.58. The van der Waals surface area contributed by atoms with Gasteiger partial charge in [-0.25, -0.2) is 0 Å². The van der Waals surface area contributed by atoms with Crippen LogP contribution in [0.5, 0.6) is 0 Å². The van der Waals surface area contributed by atoms with Crippen LogP contribution >= 0.6 is 22.0 Å². The predicted molar refractivity (Wildman–Crippen MR) is 17.6 cm³/mol. The van der Waals surface area contributed by atoms with Crippen molar-refractivity contribution in [3.8, 4) is 0 Å². The van der Waals surface area contributed by atoms with E-state index in [0.29, 0.717) is 0 Å². The second-order valence-corrected chi connectivity index (χ2v) is 13.2. The van der Waals surface area contributed by atoms with Crippen LogP contribution in [-0.2, 0) is 23.3 Å². The topological polar surface area (TPSA) is 0 Å². The number of hydrogen-bond acceptors (Lipinski definition) is 0. The molecule has 0 aliphatic heterocycles. The Bertz CT molecular complexity index is 11.6. The van der Waals surface area contributed by atoms with Crippen LogP contribution in [0.25, 0.3) is 0 Å². The third-order valence-corrected chi connectivity index (χ3v) is 0. The van der Waals surface area contributed by atoms with E-state index in [1.807, 2.05) is 0 Å². The Kier molecular flexibility index (Phi) is 15.8. The quantitative estimate of drug-likeness (QED) is 0.636. The summed E-state index contributed by atoms with van der Waals surface area (Å²) in [5.41, 5.74) is 0. The third kappa shape index (κ3) is 19.1. The van der Waals surface area contributed by atoms with Crippen LogP contribution in [0, 0.1) is 35.6 Å². The molecule has 5 heteroatoms. The molecule has 0 rings (SSSR count). The number of hydrogen-bond donors (Lipinski definition) is 0. The Morgan fingerprint density at radius 2 is 1.00 bits per heavy atom. The molecule has 1 radical (unpaired) electrons. The fourth-order valence-electron chi connectivity index (χ4n) is 0. The van der Waals surface area contributed by atoms with Gasteiger partial charge in [-0.05, 0) is 0 Å². The molecule has 0 saturated heterocycles. The minimum atomic E-state index is -2.22. The van der Waals surface area contributed by atoms with Crippen LogP contribution in [0.2, 0.25) is 0 Å². The molecule has 27 valence electrons. The average Bonchev–Trinajstić information content (AvgIpc) is 0.811. The minimum Gasteiger partial charge on any atom is 0 e. The van der Waals surface area contributed by atoms with Crippen molar-refractivity contribution in [2.75, 3.05) is 0 Å². The van der Waals surface area contributed by atoms with Crippen LogP contribution < -0.4 is 0 Å². The van der Waals surface area contributed by atoms with Gasteiger partial charge in [-0.15, -0.1) is 0 Å². The van der Waals surface area contributed by atoms with Crippen LogP contribution in [0.15, 0.2) is 0 Å². The Labute approximate surface area is 78.7 Å². The summed E-state index contributed by atoms with van der Waals surface area (Å²) in [7, 11) is 15.0. The molecule has 0 aromatic heterocycles. The van der Waals surface area contributed by atoms with Crippen molar-refractivity contribution in [3.05, 3.63) is 0 Å². The number of rotatable bonds is 0. The Morgan fingerprint density at radius 1 is 1.00 bits per heavy atom. The molecule has 0 spiro atoms. The van der Waals surface area contributed by atoms with Gasteiger partial charge in [-0.2, -0.15) is 0 Å². The summed E-state index contributed by atoms with van der Waals surface area (Å²) in [4.78, 5) is 0. The summed E-state index contributed by atoms with van der Waals surface area (Å²) in [5, 5.41) is 0. The molecule has 0 nitrogen and oxygen atoms in total. The van der Waals surface area contributed by atoms with E-state index in [4.69, 9.17) is 22.0 Å². The summed E-state index contributed by atoms with van der Waals surface area (Å²) >= 11 is -2.22. The first kappa shape index (κ1) is 11.0. The SMILES string of the molecule is [Cl][Y]([Cl])[Cl].[La]. The van der Waals surface area contributed by atoms with Crippen molar-refractivity contribution in [3.63, 3.8) is 0 Å². The largest absolute Gasteiger partial charge is 0 e. The van der Waals surface area contributed by atoms with Gasteiger partial charge in [0.25, 0.3) is 0 Å². The molecule has 0 bridgehead atoms. The molecule has 0 saturated carbocycles. The first-order chi connectivity index (χ1) is 1.73. The molecule has 0 heterocycles. The molecule has 0 aromatic carbocycles. The van der Waals surface area contributed by atoms with E-state index >= 15 is 0 Å². The van der Waals surface area contributed by atoms with Crippen molar-refractivity contribution in [2.24, 2.45) is 0 Å². The Hall–Kier alpha value is 3.17. The van der Waals surface area contributed by atoms with E-state index in [1.165, 1.54) is 0 Å². The predicted octanol–water partition coefficient (Wildman–Crippen LogP) is 2.07. The van der Waals surface area contributed by atoms with Gasteiger partial charge in [0.1, 0.15) is 0 Å². The fraction of sp³-hybridized carbons (Fsp3) is 0. The van der Waals surface area contributed by atoms with E-state index in [1.54, 1.807) is 0 Å². The van der Waals surface area contributed by atoms with Crippen molar-refractivity contribution < 1.29 is 58.9 Å². The molecule has 0 aliphatic carbocycles. The molecule has 0 atom stereocenters. The zero-order valence-electron chi connectivity index (χ0n) is 2.29. The van der Waals surface area contributed by atoms with E-state index in [-0.39, 0.29) is 35.6 Å². The normalized spacial score (nSPS) is 5.40. The van der Waals surface area contributed by atoms with Gasteiger partial charge in [0.05, 0.1) is 0 Å². The van der Waals surface area contributed by atoms with Crippen LogP contribution in [-0.4, -0.2) is 0 Å². The number of halogens is 3. The van der Waals surface area contributed by atoms with Gasteiger partial charge in [0.2, 0.25) is 0 Å². The second kappa shape index (κ2) is 7.17. The maximum absolute atomic E-state index is 5.02. The monoisotopic (exact) mass is 333 g/mol. The van der Waals surface area contributed by atoms with Crippen LogP contribution in [0.3, 0.4) is 0 Å². The molecule has 0 N–H and O–H groups in total. The second-order valence-electron chi connectivity index (χ2n) is 0.247. The molecule has 0 unspecified atom stereocenters. The molecular formula is Cl3LaY. The Balaban J connectivity index is 0. The summed E-state index contributed by atoms with van der Waals surface area (Å²) < 4.78 is 0. The van der Waals surface area contributed by atoms with Crippen LogP contribution in [0.1, 0.15) is 0 Å². The van der Waals surface area contributed by atoms with E-state index in [0.717, 1.165) is 0 Å². The van der Waals surface area contributed by atoms with E-state index in [9.17, 15) is 0 Å². The van der Waals surface area contributed by atoms with Gasteiger partial charge in [0, 0.05) is 35.6 Å². The third-order valence-electron chi connectivity index (χ3n) is 0. The van der Waals surface area contributed by atoms with Gasteiger partial charge in [-0.3, -0.25) is 0 Å². The standard InChI is InChI=1S/3ClH.La.Y/h3*1H;;/q;;;;+3/p-3. The fourth-order valence-corrected chi connectivity index (χ4v) is 0. The summed E-state index contributed by atoms with van der Waals surface area (Å²) in [6, 6.07) is 0. The van der Waals surface area contributed by atoms with Crippen molar-refractivity contribution in [2.45, 2.75) is 0 Å². The zero-order valence-corrected chi connectivity index (χ0v) is 11.0. The first-order valence-corrected chi connectivity index (χ1v) is 11.6. The minimum absolute atomic E-state index is 0. The molecule has 0 fully saturated rings. The summed E-state index contributed by atoms with van der Waals surface area (Å²) in [6.07, 6.45) is 0. The molecule has 0 aliphatic rings. The Morgan fingerprint density at radius 3 is 1.00 bits per heavy atom. The van der Waals surface area contributed by atoms with Gasteiger partial charge >= 0.3 is 45.3 Å². The molecular weight excluding hydrogens is 334 g/mol. The van der Waals surface area contributed by atoms with E-state index in [2.05, 4.69) is 0 Å². The molecule has 0 aromatic rings. The summed E-state index contributed by atoms with van der Waals surface area (Å²) in [6.45, 7) is 0. The maximum atomic E-state index is 5.02.